The number of anilines is 1. The van der Waals surface area contributed by atoms with Crippen molar-refractivity contribution < 1.29 is 19.1 Å². The molecular formula is C26H24N2O4S. The molecule has 3 amide bonds. The van der Waals surface area contributed by atoms with Crippen LogP contribution in [0.2, 0.25) is 0 Å². The molecule has 0 radical (unpaired) electrons. The summed E-state index contributed by atoms with van der Waals surface area (Å²) >= 11 is 0.826. The number of ether oxygens (including phenoxy) is 1. The molecule has 3 aromatic carbocycles. The van der Waals surface area contributed by atoms with Gasteiger partial charge in [0.25, 0.3) is 11.1 Å². The first-order chi connectivity index (χ1) is 15.8. The fourth-order valence-electron chi connectivity index (χ4n) is 3.53. The Labute approximate surface area is 196 Å². The number of thioether (sulfide) groups is 1. The molecule has 0 atom stereocenters. The molecule has 3 aromatic rings. The molecule has 0 unspecified atom stereocenters. The molecule has 4 rings (SSSR count). The molecule has 6 nitrogen and oxygen atoms in total. The maximum absolute atomic E-state index is 13.0. The minimum atomic E-state index is -0.493. The van der Waals surface area contributed by atoms with E-state index in [0.29, 0.717) is 11.4 Å². The number of carbonyl (C=O) groups excluding carboxylic acids is 3. The normalized spacial score (nSPS) is 15.0. The number of hydrogen-bond donors (Lipinski definition) is 1. The zero-order valence-electron chi connectivity index (χ0n) is 18.6. The van der Waals surface area contributed by atoms with Crippen molar-refractivity contribution >= 4 is 51.4 Å². The topological polar surface area (TPSA) is 75.7 Å². The van der Waals surface area contributed by atoms with E-state index in [1.165, 1.54) is 0 Å². The maximum Gasteiger partial charge on any atom is 0.294 e. The number of aryl methyl sites for hydroxylation is 1. The first-order valence-corrected chi connectivity index (χ1v) is 11.4. The fraction of sp³-hybridized carbons (Fsp3) is 0.192. The van der Waals surface area contributed by atoms with Crippen molar-refractivity contribution in [1.29, 1.82) is 0 Å². The van der Waals surface area contributed by atoms with Gasteiger partial charge in [-0.1, -0.05) is 48.0 Å². The fourth-order valence-corrected chi connectivity index (χ4v) is 4.35. The van der Waals surface area contributed by atoms with E-state index < -0.39 is 17.1 Å². The highest BCUT2D eigenvalue weighted by atomic mass is 32.2. The third-order valence-electron chi connectivity index (χ3n) is 5.08. The van der Waals surface area contributed by atoms with Gasteiger partial charge >= 0.3 is 0 Å². The van der Waals surface area contributed by atoms with Gasteiger partial charge in [-0.25, -0.2) is 0 Å². The van der Waals surface area contributed by atoms with Crippen LogP contribution in [0.5, 0.6) is 5.75 Å². The van der Waals surface area contributed by atoms with Gasteiger partial charge < -0.3 is 10.1 Å². The number of carbonyl (C=O) groups is 3. The lowest BCUT2D eigenvalue weighted by Gasteiger charge is -2.15. The average Bonchev–Trinajstić information content (AvgIpc) is 3.04. The van der Waals surface area contributed by atoms with E-state index in [2.05, 4.69) is 5.32 Å². The van der Waals surface area contributed by atoms with Gasteiger partial charge in [-0.15, -0.1) is 0 Å². The number of benzene rings is 3. The van der Waals surface area contributed by atoms with Crippen molar-refractivity contribution in [3.63, 3.8) is 0 Å². The SMILES string of the molecule is Cc1ccc(NC(=O)CN2C(=O)S/C(=C\c3c(OC(C)C)ccc4ccccc34)C2=O)cc1. The highest BCUT2D eigenvalue weighted by molar-refractivity contribution is 8.18. The van der Waals surface area contributed by atoms with Crippen LogP contribution in [0.25, 0.3) is 16.8 Å². The molecule has 0 spiro atoms. The Morgan fingerprint density at radius 3 is 2.52 bits per heavy atom. The number of nitrogens with one attached hydrogen (secondary N) is 1. The van der Waals surface area contributed by atoms with Gasteiger partial charge in [0.15, 0.2) is 0 Å². The van der Waals surface area contributed by atoms with Crippen molar-refractivity contribution in [2.45, 2.75) is 26.9 Å². The Morgan fingerprint density at radius 2 is 1.79 bits per heavy atom. The standard InChI is InChI=1S/C26H24N2O4S/c1-16(2)32-22-13-10-18-6-4-5-7-20(18)21(22)14-23-25(30)28(26(31)33-23)15-24(29)27-19-11-8-17(3)9-12-19/h4-14,16H,15H2,1-3H3,(H,27,29)/b23-14-. The van der Waals surface area contributed by atoms with E-state index in [1.807, 2.05) is 69.3 Å². The molecule has 1 aliphatic rings. The summed E-state index contributed by atoms with van der Waals surface area (Å²) in [6.07, 6.45) is 1.63. The molecular weight excluding hydrogens is 436 g/mol. The van der Waals surface area contributed by atoms with Crippen LogP contribution in [0.15, 0.2) is 65.6 Å². The molecule has 1 saturated heterocycles. The molecule has 1 fully saturated rings. The van der Waals surface area contributed by atoms with Crippen molar-refractivity contribution in [2.75, 3.05) is 11.9 Å². The Bertz CT molecular complexity index is 1270. The molecule has 0 aliphatic carbocycles. The molecule has 0 aromatic heterocycles. The molecule has 0 bridgehead atoms. The lowest BCUT2D eigenvalue weighted by Crippen LogP contribution is -2.36. The van der Waals surface area contributed by atoms with Gasteiger partial charge in [-0.05, 0) is 67.6 Å². The average molecular weight is 461 g/mol. The Morgan fingerprint density at radius 1 is 1.06 bits per heavy atom. The first kappa shape index (κ1) is 22.6. The van der Waals surface area contributed by atoms with E-state index in [-0.39, 0.29) is 17.6 Å². The highest BCUT2D eigenvalue weighted by Gasteiger charge is 2.36. The molecule has 1 N–H and O–H groups in total. The second-order valence-corrected chi connectivity index (χ2v) is 9.04. The quantitative estimate of drug-likeness (QED) is 0.484. The zero-order chi connectivity index (χ0) is 23.5. The second kappa shape index (κ2) is 9.50. The predicted molar refractivity (Wildman–Crippen MR) is 132 cm³/mol. The van der Waals surface area contributed by atoms with E-state index in [1.54, 1.807) is 18.2 Å². The first-order valence-electron chi connectivity index (χ1n) is 10.6. The molecule has 7 heteroatoms. The highest BCUT2D eigenvalue weighted by Crippen LogP contribution is 2.37. The van der Waals surface area contributed by atoms with Crippen LogP contribution in [-0.2, 0) is 9.59 Å². The molecule has 33 heavy (non-hydrogen) atoms. The molecule has 1 aliphatic heterocycles. The third-order valence-corrected chi connectivity index (χ3v) is 5.99. The van der Waals surface area contributed by atoms with Gasteiger partial charge in [0.1, 0.15) is 12.3 Å². The summed E-state index contributed by atoms with van der Waals surface area (Å²) in [7, 11) is 0. The van der Waals surface area contributed by atoms with Crippen molar-refractivity contribution in [1.82, 2.24) is 4.90 Å². The second-order valence-electron chi connectivity index (χ2n) is 8.05. The van der Waals surface area contributed by atoms with Crippen LogP contribution in [-0.4, -0.2) is 34.6 Å². The number of imide groups is 1. The number of amides is 3. The van der Waals surface area contributed by atoms with Crippen molar-refractivity contribution in [3.8, 4) is 5.75 Å². The van der Waals surface area contributed by atoms with Gasteiger partial charge in [0.2, 0.25) is 5.91 Å². The lowest BCUT2D eigenvalue weighted by atomic mass is 10.0. The van der Waals surface area contributed by atoms with Gasteiger partial charge in [-0.2, -0.15) is 0 Å². The van der Waals surface area contributed by atoms with Gasteiger partial charge in [0, 0.05) is 11.3 Å². The van der Waals surface area contributed by atoms with Crippen LogP contribution in [0.1, 0.15) is 25.0 Å². The molecule has 1 heterocycles. The number of nitrogens with zero attached hydrogens (tertiary/aromatic N) is 1. The maximum atomic E-state index is 13.0. The van der Waals surface area contributed by atoms with Crippen LogP contribution in [0.4, 0.5) is 10.5 Å². The van der Waals surface area contributed by atoms with Crippen LogP contribution in [0.3, 0.4) is 0 Å². The summed E-state index contributed by atoms with van der Waals surface area (Å²) in [4.78, 5) is 39.3. The third kappa shape index (κ3) is 5.09. The van der Waals surface area contributed by atoms with Crippen molar-refractivity contribution in [2.24, 2.45) is 0 Å². The summed E-state index contributed by atoms with van der Waals surface area (Å²) in [6, 6.07) is 18.9. The summed E-state index contributed by atoms with van der Waals surface area (Å²) in [5.41, 5.74) is 2.41. The number of fused-ring (bicyclic) bond motifs is 1. The van der Waals surface area contributed by atoms with Crippen LogP contribution in [0, 0.1) is 6.92 Å². The molecule has 0 saturated carbocycles. The minimum Gasteiger partial charge on any atom is -0.490 e. The number of hydrogen-bond acceptors (Lipinski definition) is 5. The van der Waals surface area contributed by atoms with E-state index in [4.69, 9.17) is 4.74 Å². The van der Waals surface area contributed by atoms with Gasteiger partial charge in [-0.3, -0.25) is 19.3 Å². The summed E-state index contributed by atoms with van der Waals surface area (Å²) in [5.74, 6) is -0.295. The largest absolute Gasteiger partial charge is 0.490 e. The van der Waals surface area contributed by atoms with E-state index >= 15 is 0 Å². The zero-order valence-corrected chi connectivity index (χ0v) is 19.4. The molecule has 168 valence electrons. The summed E-state index contributed by atoms with van der Waals surface area (Å²) in [5, 5.41) is 4.16. The van der Waals surface area contributed by atoms with E-state index in [9.17, 15) is 14.4 Å². The lowest BCUT2D eigenvalue weighted by molar-refractivity contribution is -0.127. The Hall–Kier alpha value is -3.58. The number of rotatable bonds is 6. The predicted octanol–water partition coefficient (Wildman–Crippen LogP) is 5.61. The Kier molecular flexibility index (Phi) is 6.51. The summed E-state index contributed by atoms with van der Waals surface area (Å²) < 4.78 is 5.96. The van der Waals surface area contributed by atoms with Crippen LogP contribution >= 0.6 is 11.8 Å². The monoisotopic (exact) mass is 460 g/mol. The Balaban J connectivity index is 1.59. The van der Waals surface area contributed by atoms with E-state index in [0.717, 1.165) is 38.6 Å². The smallest absolute Gasteiger partial charge is 0.294 e. The minimum absolute atomic E-state index is 0.0566. The van der Waals surface area contributed by atoms with Crippen LogP contribution < -0.4 is 10.1 Å². The van der Waals surface area contributed by atoms with Crippen molar-refractivity contribution in [3.05, 3.63) is 76.7 Å². The summed E-state index contributed by atoms with van der Waals surface area (Å²) in [6.45, 7) is 5.46. The van der Waals surface area contributed by atoms with Gasteiger partial charge in [0.05, 0.1) is 11.0 Å².